The fraction of sp³-hybridized carbons (Fsp3) is 0.647. The Morgan fingerprint density at radius 1 is 1.16 bits per heavy atom. The zero-order valence-corrected chi connectivity index (χ0v) is 14.4. The first kappa shape index (κ1) is 16.1. The van der Waals surface area contributed by atoms with Crippen molar-refractivity contribution in [1.82, 2.24) is 29.2 Å². The van der Waals surface area contributed by atoms with Crippen molar-refractivity contribution in [3.05, 3.63) is 25.0 Å². The summed E-state index contributed by atoms with van der Waals surface area (Å²) < 4.78 is 3.94. The molecule has 8 heteroatoms. The van der Waals surface area contributed by atoms with Crippen LogP contribution in [0.4, 0.5) is 10.7 Å². The Morgan fingerprint density at radius 3 is 2.84 bits per heavy atom. The number of hydrogen-bond donors (Lipinski definition) is 1. The minimum Gasteiger partial charge on any atom is -0.335 e. The fourth-order valence-corrected chi connectivity index (χ4v) is 3.95. The maximum Gasteiger partial charge on any atom is 0.324 e. The minimum atomic E-state index is -0.107. The predicted octanol–water partition coefficient (Wildman–Crippen LogP) is 2.68. The van der Waals surface area contributed by atoms with Gasteiger partial charge in [-0.3, -0.25) is 5.32 Å². The summed E-state index contributed by atoms with van der Waals surface area (Å²) in [6, 6.07) is 0.506. The number of urea groups is 1. The van der Waals surface area contributed by atoms with E-state index >= 15 is 0 Å². The molecule has 134 valence electrons. The molecule has 25 heavy (non-hydrogen) atoms. The van der Waals surface area contributed by atoms with E-state index in [9.17, 15) is 4.79 Å². The largest absolute Gasteiger partial charge is 0.335 e. The Hall–Kier alpha value is -2.38. The number of hydrogen-bond acceptors (Lipinski definition) is 4. The number of nitrogens with zero attached hydrogens (tertiary/aromatic N) is 6. The maximum atomic E-state index is 12.6. The summed E-state index contributed by atoms with van der Waals surface area (Å²) in [5.41, 5.74) is 0. The molecule has 0 radical (unpaired) electrons. The second-order valence-electron chi connectivity index (χ2n) is 7.02. The quantitative estimate of drug-likeness (QED) is 0.925. The van der Waals surface area contributed by atoms with Crippen molar-refractivity contribution in [1.29, 1.82) is 0 Å². The molecule has 2 amide bonds. The number of rotatable bonds is 4. The van der Waals surface area contributed by atoms with Crippen LogP contribution in [0.5, 0.6) is 0 Å². The van der Waals surface area contributed by atoms with Gasteiger partial charge >= 0.3 is 6.03 Å². The zero-order valence-electron chi connectivity index (χ0n) is 14.4. The third-order valence-electron chi connectivity index (χ3n) is 5.29. The molecular weight excluding hydrogens is 318 g/mol. The van der Waals surface area contributed by atoms with E-state index in [-0.39, 0.29) is 12.1 Å². The third-order valence-corrected chi connectivity index (χ3v) is 5.29. The molecule has 4 rings (SSSR count). The summed E-state index contributed by atoms with van der Waals surface area (Å²) in [6.45, 7) is 1.55. The van der Waals surface area contributed by atoms with Crippen LogP contribution in [-0.2, 0) is 6.54 Å². The average Bonchev–Trinajstić information content (AvgIpc) is 3.38. The van der Waals surface area contributed by atoms with Gasteiger partial charge in [-0.2, -0.15) is 0 Å². The number of likely N-dealkylation sites (tertiary alicyclic amines) is 1. The van der Waals surface area contributed by atoms with Crippen LogP contribution in [0.25, 0.3) is 0 Å². The van der Waals surface area contributed by atoms with E-state index in [1.165, 1.54) is 19.3 Å². The second-order valence-corrected chi connectivity index (χ2v) is 7.02. The summed E-state index contributed by atoms with van der Waals surface area (Å²) in [7, 11) is 0. The Labute approximate surface area is 147 Å². The molecule has 8 nitrogen and oxygen atoms in total. The summed E-state index contributed by atoms with van der Waals surface area (Å²) in [5.74, 6) is 0.406. The van der Waals surface area contributed by atoms with Crippen LogP contribution in [0.1, 0.15) is 51.0 Å². The summed E-state index contributed by atoms with van der Waals surface area (Å²) in [4.78, 5) is 22.9. The van der Waals surface area contributed by atoms with Gasteiger partial charge in [0.25, 0.3) is 0 Å². The molecular formula is C17H25N7O. The molecule has 0 aromatic carbocycles. The lowest BCUT2D eigenvalue weighted by Gasteiger charge is -2.24. The Morgan fingerprint density at radius 2 is 2.04 bits per heavy atom. The molecule has 1 unspecified atom stereocenters. The molecule has 0 spiro atoms. The van der Waals surface area contributed by atoms with E-state index in [2.05, 4.69) is 20.4 Å². The molecule has 2 fully saturated rings. The minimum absolute atomic E-state index is 0.107. The molecule has 1 atom stereocenters. The topological polar surface area (TPSA) is 80.9 Å². The lowest BCUT2D eigenvalue weighted by Crippen LogP contribution is -2.40. The molecule has 1 aliphatic carbocycles. The Bertz CT molecular complexity index is 690. The number of anilines is 1. The fourth-order valence-electron chi connectivity index (χ4n) is 3.95. The zero-order chi connectivity index (χ0) is 17.1. The predicted molar refractivity (Wildman–Crippen MR) is 93.1 cm³/mol. The highest BCUT2D eigenvalue weighted by Crippen LogP contribution is 2.27. The first-order valence-electron chi connectivity index (χ1n) is 9.24. The monoisotopic (exact) mass is 343 g/mol. The van der Waals surface area contributed by atoms with Gasteiger partial charge < -0.3 is 9.47 Å². The number of carbonyl (C=O) groups is 1. The lowest BCUT2D eigenvalue weighted by molar-refractivity contribution is 0.201. The molecule has 2 aromatic rings. The van der Waals surface area contributed by atoms with Gasteiger partial charge in [-0.15, -0.1) is 5.10 Å². The molecule has 2 aliphatic rings. The summed E-state index contributed by atoms with van der Waals surface area (Å²) in [6.07, 6.45) is 15.4. The van der Waals surface area contributed by atoms with Gasteiger partial charge in [-0.1, -0.05) is 19.3 Å². The van der Waals surface area contributed by atoms with E-state index in [0.29, 0.717) is 12.0 Å². The maximum absolute atomic E-state index is 12.6. The van der Waals surface area contributed by atoms with Crippen molar-refractivity contribution < 1.29 is 4.79 Å². The van der Waals surface area contributed by atoms with Crippen LogP contribution in [0.15, 0.2) is 25.0 Å². The van der Waals surface area contributed by atoms with Gasteiger partial charge in [0.1, 0.15) is 6.33 Å². The molecule has 2 aromatic heterocycles. The lowest BCUT2D eigenvalue weighted by atomic mass is 9.96. The van der Waals surface area contributed by atoms with Gasteiger partial charge in [-0.25, -0.2) is 19.4 Å². The summed E-state index contributed by atoms with van der Waals surface area (Å²) in [5, 5.41) is 7.35. The van der Waals surface area contributed by atoms with Crippen molar-refractivity contribution in [2.75, 3.05) is 11.9 Å². The molecule has 1 saturated heterocycles. The Balaban J connectivity index is 1.37. The SMILES string of the molecule is O=C(Nc1ncn(C2CCCCC2)n1)N1CCCC1Cn1ccnc1. The highest BCUT2D eigenvalue weighted by molar-refractivity contribution is 5.87. The van der Waals surface area contributed by atoms with Crippen LogP contribution in [-0.4, -0.2) is 47.8 Å². The van der Waals surface area contributed by atoms with Gasteiger partial charge in [0.15, 0.2) is 0 Å². The van der Waals surface area contributed by atoms with E-state index in [1.807, 2.05) is 20.3 Å². The number of aromatic nitrogens is 5. The first-order valence-corrected chi connectivity index (χ1v) is 9.24. The average molecular weight is 343 g/mol. The van der Waals surface area contributed by atoms with Crippen molar-refractivity contribution in [3.8, 4) is 0 Å². The van der Waals surface area contributed by atoms with Crippen molar-refractivity contribution in [2.24, 2.45) is 0 Å². The number of amides is 2. The normalized spacial score (nSPS) is 21.6. The molecule has 3 heterocycles. The molecule has 1 N–H and O–H groups in total. The van der Waals surface area contributed by atoms with Crippen LogP contribution in [0.2, 0.25) is 0 Å². The Kier molecular flexibility index (Phi) is 4.67. The van der Waals surface area contributed by atoms with E-state index < -0.39 is 0 Å². The number of carbonyl (C=O) groups excluding carboxylic acids is 1. The molecule has 0 bridgehead atoms. The number of nitrogens with one attached hydrogen (secondary N) is 1. The summed E-state index contributed by atoms with van der Waals surface area (Å²) >= 11 is 0. The van der Waals surface area contributed by atoms with Crippen LogP contribution >= 0.6 is 0 Å². The van der Waals surface area contributed by atoms with E-state index in [4.69, 9.17) is 0 Å². The first-order chi connectivity index (χ1) is 12.3. The van der Waals surface area contributed by atoms with Crippen molar-refractivity contribution in [3.63, 3.8) is 0 Å². The van der Waals surface area contributed by atoms with Crippen LogP contribution in [0.3, 0.4) is 0 Å². The van der Waals surface area contributed by atoms with Crippen LogP contribution < -0.4 is 5.32 Å². The van der Waals surface area contributed by atoms with Crippen molar-refractivity contribution in [2.45, 2.75) is 63.6 Å². The highest BCUT2D eigenvalue weighted by Gasteiger charge is 2.29. The smallest absolute Gasteiger partial charge is 0.324 e. The van der Waals surface area contributed by atoms with Gasteiger partial charge in [-0.05, 0) is 25.7 Å². The number of imidazole rings is 1. The van der Waals surface area contributed by atoms with E-state index in [0.717, 1.165) is 38.8 Å². The molecule has 1 saturated carbocycles. The van der Waals surface area contributed by atoms with Crippen LogP contribution in [0, 0.1) is 0 Å². The standard InChI is InChI=1S/C17H25N7O/c25-17(23-9-4-7-15(23)11-22-10-8-18-12-22)20-16-19-13-24(21-16)14-5-2-1-3-6-14/h8,10,12-15H,1-7,9,11H2,(H,20,21,25). The van der Waals surface area contributed by atoms with Gasteiger partial charge in [0.2, 0.25) is 5.95 Å². The third kappa shape index (κ3) is 3.67. The molecule has 1 aliphatic heterocycles. The van der Waals surface area contributed by atoms with Gasteiger partial charge in [0.05, 0.1) is 18.4 Å². The van der Waals surface area contributed by atoms with E-state index in [1.54, 1.807) is 18.9 Å². The van der Waals surface area contributed by atoms with Crippen molar-refractivity contribution >= 4 is 12.0 Å². The van der Waals surface area contributed by atoms with Gasteiger partial charge in [0, 0.05) is 25.5 Å². The highest BCUT2D eigenvalue weighted by atomic mass is 16.2. The second kappa shape index (κ2) is 7.25.